The van der Waals surface area contributed by atoms with E-state index in [0.29, 0.717) is 11.7 Å². The monoisotopic (exact) mass is 457 g/mol. The molecule has 0 unspecified atom stereocenters. The molecule has 1 fully saturated rings. The second-order valence-electron chi connectivity index (χ2n) is 7.45. The van der Waals surface area contributed by atoms with Gasteiger partial charge in [0.05, 0.1) is 5.75 Å². The first kappa shape index (κ1) is 19.5. The van der Waals surface area contributed by atoms with Gasteiger partial charge in [0.15, 0.2) is 0 Å². The quantitative estimate of drug-likeness (QED) is 0.530. The largest absolute Gasteiger partial charge is 0.346 e. The lowest BCUT2D eigenvalue weighted by Crippen LogP contribution is -2.38. The number of carbonyl (C=O) groups is 1. The van der Waals surface area contributed by atoms with Crippen molar-refractivity contribution in [1.29, 1.82) is 0 Å². The molecule has 0 bridgehead atoms. The molecule has 1 N–H and O–H groups in total. The lowest BCUT2D eigenvalue weighted by atomic mass is 9.89. The van der Waals surface area contributed by atoms with Crippen LogP contribution in [0.2, 0.25) is 0 Å². The van der Waals surface area contributed by atoms with Crippen molar-refractivity contribution in [2.45, 2.75) is 37.5 Å². The number of rotatable bonds is 4. The maximum Gasteiger partial charge on any atom is 0.232 e. The van der Waals surface area contributed by atoms with Gasteiger partial charge in [-0.05, 0) is 73.6 Å². The summed E-state index contributed by atoms with van der Waals surface area (Å²) in [6, 6.07) is 8.41. The number of halogens is 1. The van der Waals surface area contributed by atoms with Crippen LogP contribution >= 0.6 is 27.7 Å². The van der Waals surface area contributed by atoms with E-state index in [0.717, 1.165) is 36.1 Å². The van der Waals surface area contributed by atoms with Crippen LogP contribution in [0.5, 0.6) is 0 Å². The van der Waals surface area contributed by atoms with Gasteiger partial charge in [0.2, 0.25) is 5.91 Å². The van der Waals surface area contributed by atoms with Gasteiger partial charge in [-0.2, -0.15) is 0 Å². The summed E-state index contributed by atoms with van der Waals surface area (Å²) in [4.78, 5) is 23.6. The number of thioether (sulfide) groups is 1. The van der Waals surface area contributed by atoms with Gasteiger partial charge in [0.1, 0.15) is 5.65 Å². The van der Waals surface area contributed by atoms with Gasteiger partial charge in [-0.3, -0.25) is 4.79 Å². The molecule has 4 nitrogen and oxygen atoms in total. The minimum absolute atomic E-state index is 0.240. The molecular formula is C22H24BrN3OS. The number of benzene rings is 1. The van der Waals surface area contributed by atoms with Crippen molar-refractivity contribution in [3.05, 3.63) is 57.8 Å². The summed E-state index contributed by atoms with van der Waals surface area (Å²) >= 11 is 5.22. The SMILES string of the molecule is Cc1cc(SCC(=O)N2CCC(c3c[nH]c4ncccc34)CC2)c(C)cc1Br. The molecule has 3 aromatic rings. The lowest BCUT2D eigenvalue weighted by molar-refractivity contribution is -0.129. The Balaban J connectivity index is 1.35. The number of hydrogen-bond donors (Lipinski definition) is 1. The first-order valence-corrected chi connectivity index (χ1v) is 11.4. The van der Waals surface area contributed by atoms with E-state index in [1.165, 1.54) is 27.0 Å². The van der Waals surface area contributed by atoms with Gasteiger partial charge in [-0.15, -0.1) is 11.8 Å². The van der Waals surface area contributed by atoms with E-state index in [2.05, 4.69) is 64.1 Å². The highest BCUT2D eigenvalue weighted by Gasteiger charge is 2.25. The Bertz CT molecular complexity index is 1010. The smallest absolute Gasteiger partial charge is 0.232 e. The number of pyridine rings is 1. The van der Waals surface area contributed by atoms with Crippen molar-refractivity contribution in [2.75, 3.05) is 18.8 Å². The maximum absolute atomic E-state index is 12.7. The Morgan fingerprint density at radius 3 is 2.86 bits per heavy atom. The van der Waals surface area contributed by atoms with Crippen LogP contribution < -0.4 is 0 Å². The number of fused-ring (bicyclic) bond motifs is 1. The molecule has 0 radical (unpaired) electrons. The summed E-state index contributed by atoms with van der Waals surface area (Å²) in [5, 5.41) is 1.21. The molecule has 1 saturated heterocycles. The molecule has 0 spiro atoms. The molecule has 0 saturated carbocycles. The van der Waals surface area contributed by atoms with E-state index < -0.39 is 0 Å². The van der Waals surface area contributed by atoms with E-state index in [-0.39, 0.29) is 5.91 Å². The number of H-pyrrole nitrogens is 1. The topological polar surface area (TPSA) is 49.0 Å². The number of piperidine rings is 1. The molecule has 1 aliphatic rings. The van der Waals surface area contributed by atoms with Crippen LogP contribution in [0.4, 0.5) is 0 Å². The van der Waals surface area contributed by atoms with Crippen LogP contribution in [0.15, 0.2) is 46.0 Å². The molecule has 3 heterocycles. The summed E-state index contributed by atoms with van der Waals surface area (Å²) < 4.78 is 1.12. The number of aromatic nitrogens is 2. The molecule has 146 valence electrons. The van der Waals surface area contributed by atoms with Crippen LogP contribution in [-0.4, -0.2) is 39.6 Å². The number of carbonyl (C=O) groups excluding carboxylic acids is 1. The zero-order valence-corrected chi connectivity index (χ0v) is 18.6. The minimum Gasteiger partial charge on any atom is -0.346 e. The van der Waals surface area contributed by atoms with E-state index in [1.807, 2.05) is 17.2 Å². The first-order chi connectivity index (χ1) is 13.5. The summed E-state index contributed by atoms with van der Waals surface area (Å²) in [6.07, 6.45) is 5.92. The third-order valence-corrected chi connectivity index (χ3v) is 7.57. The number of nitrogens with one attached hydrogen (secondary N) is 1. The highest BCUT2D eigenvalue weighted by Crippen LogP contribution is 2.33. The first-order valence-electron chi connectivity index (χ1n) is 9.62. The summed E-state index contributed by atoms with van der Waals surface area (Å²) in [6.45, 7) is 5.84. The highest BCUT2D eigenvalue weighted by molar-refractivity contribution is 9.10. The number of hydrogen-bond acceptors (Lipinski definition) is 3. The average Bonchev–Trinajstić information content (AvgIpc) is 3.14. The van der Waals surface area contributed by atoms with Crippen LogP contribution in [0, 0.1) is 13.8 Å². The van der Waals surface area contributed by atoms with Gasteiger partial charge in [0.25, 0.3) is 0 Å². The van der Waals surface area contributed by atoms with Gasteiger partial charge >= 0.3 is 0 Å². The lowest BCUT2D eigenvalue weighted by Gasteiger charge is -2.32. The van der Waals surface area contributed by atoms with Crippen LogP contribution in [-0.2, 0) is 4.79 Å². The Hall–Kier alpha value is -1.79. The Labute approximate surface area is 178 Å². The number of amides is 1. The molecule has 6 heteroatoms. The van der Waals surface area contributed by atoms with Crippen molar-refractivity contribution in [3.8, 4) is 0 Å². The van der Waals surface area contributed by atoms with Crippen molar-refractivity contribution < 1.29 is 4.79 Å². The predicted octanol–water partition coefficient (Wildman–Crippen LogP) is 5.44. The fourth-order valence-corrected chi connectivity index (χ4v) is 5.36. The molecule has 1 aromatic carbocycles. The van der Waals surface area contributed by atoms with Gasteiger partial charge < -0.3 is 9.88 Å². The molecular weight excluding hydrogens is 434 g/mol. The Morgan fingerprint density at radius 1 is 1.29 bits per heavy atom. The number of nitrogens with zero attached hydrogens (tertiary/aromatic N) is 2. The Morgan fingerprint density at radius 2 is 2.07 bits per heavy atom. The van der Waals surface area contributed by atoms with Crippen molar-refractivity contribution in [2.24, 2.45) is 0 Å². The predicted molar refractivity (Wildman–Crippen MR) is 119 cm³/mol. The van der Waals surface area contributed by atoms with Gasteiger partial charge in [-0.25, -0.2) is 4.98 Å². The van der Waals surface area contributed by atoms with Crippen LogP contribution in [0.3, 0.4) is 0 Å². The second kappa shape index (κ2) is 8.29. The third-order valence-electron chi connectivity index (χ3n) is 5.58. The maximum atomic E-state index is 12.7. The van der Waals surface area contributed by atoms with E-state index in [4.69, 9.17) is 0 Å². The molecule has 0 aliphatic carbocycles. The molecule has 2 aromatic heterocycles. The normalized spacial score (nSPS) is 15.3. The van der Waals surface area contributed by atoms with Gasteiger partial charge in [-0.1, -0.05) is 15.9 Å². The second-order valence-corrected chi connectivity index (χ2v) is 9.33. The number of aryl methyl sites for hydroxylation is 2. The van der Waals surface area contributed by atoms with Gasteiger partial charge in [0, 0.05) is 40.2 Å². The van der Waals surface area contributed by atoms with Crippen molar-refractivity contribution in [3.63, 3.8) is 0 Å². The van der Waals surface area contributed by atoms with E-state index >= 15 is 0 Å². The molecule has 0 atom stereocenters. The number of likely N-dealkylation sites (tertiary alicyclic amines) is 1. The molecule has 28 heavy (non-hydrogen) atoms. The molecule has 4 rings (SSSR count). The zero-order chi connectivity index (χ0) is 19.7. The minimum atomic E-state index is 0.240. The van der Waals surface area contributed by atoms with Crippen molar-refractivity contribution >= 4 is 44.6 Å². The Kier molecular flexibility index (Phi) is 5.78. The summed E-state index contributed by atoms with van der Waals surface area (Å²) in [5.74, 6) is 1.24. The highest BCUT2D eigenvalue weighted by atomic mass is 79.9. The summed E-state index contributed by atoms with van der Waals surface area (Å²) in [7, 11) is 0. The molecule has 1 aliphatic heterocycles. The fraction of sp³-hybridized carbons (Fsp3) is 0.364. The standard InChI is InChI=1S/C22H24BrN3OS/c1-14-11-20(15(2)10-19(14)23)28-13-21(27)26-8-5-16(6-9-26)18-12-25-22-17(18)4-3-7-24-22/h3-4,7,10-12,16H,5-6,8-9,13H2,1-2H3,(H,24,25). The number of aromatic amines is 1. The van der Waals surface area contributed by atoms with E-state index in [9.17, 15) is 4.79 Å². The average molecular weight is 458 g/mol. The summed E-state index contributed by atoms with van der Waals surface area (Å²) in [5.41, 5.74) is 4.70. The van der Waals surface area contributed by atoms with Crippen LogP contribution in [0.1, 0.15) is 35.4 Å². The third kappa shape index (κ3) is 3.98. The van der Waals surface area contributed by atoms with Crippen molar-refractivity contribution in [1.82, 2.24) is 14.9 Å². The van der Waals surface area contributed by atoms with E-state index in [1.54, 1.807) is 11.8 Å². The molecule has 1 amide bonds. The zero-order valence-electron chi connectivity index (χ0n) is 16.2. The fourth-order valence-electron chi connectivity index (χ4n) is 3.90. The van der Waals surface area contributed by atoms with Crippen LogP contribution in [0.25, 0.3) is 11.0 Å².